The van der Waals surface area contributed by atoms with Crippen LogP contribution in [-0.2, 0) is 0 Å². The Hall–Kier alpha value is -1.09. The Morgan fingerprint density at radius 2 is 2.29 bits per heavy atom. The molecule has 0 aromatic carbocycles. The molecule has 1 fully saturated rings. The second-order valence-corrected chi connectivity index (χ2v) is 4.25. The molecule has 76 valence electrons. The summed E-state index contributed by atoms with van der Waals surface area (Å²) < 4.78 is 0. The number of rotatable bonds is 2. The largest absolute Gasteiger partial charge is 0.388 e. The Morgan fingerprint density at radius 3 is 2.79 bits per heavy atom. The smallest absolute Gasteiger partial charge is 0.129 e. The van der Waals surface area contributed by atoms with Crippen LogP contribution in [0.15, 0.2) is 12.3 Å². The van der Waals surface area contributed by atoms with Crippen LogP contribution in [0.5, 0.6) is 0 Å². The van der Waals surface area contributed by atoms with Gasteiger partial charge in [-0.3, -0.25) is 0 Å². The number of aliphatic hydroxyl groups is 1. The molecule has 1 aliphatic rings. The van der Waals surface area contributed by atoms with Crippen LogP contribution in [0.1, 0.15) is 30.6 Å². The van der Waals surface area contributed by atoms with E-state index in [4.69, 9.17) is 5.73 Å². The van der Waals surface area contributed by atoms with Crippen LogP contribution in [0.25, 0.3) is 0 Å². The lowest BCUT2D eigenvalue weighted by molar-refractivity contribution is 0.148. The van der Waals surface area contributed by atoms with Gasteiger partial charge >= 0.3 is 0 Å². The van der Waals surface area contributed by atoms with E-state index in [1.165, 1.54) is 0 Å². The maximum absolute atomic E-state index is 10.1. The average Bonchev–Trinajstić information content (AvgIpc) is 2.82. The highest BCUT2D eigenvalue weighted by atomic mass is 16.3. The molecular formula is C11H16N2O. The van der Waals surface area contributed by atoms with Gasteiger partial charge in [-0.15, -0.1) is 0 Å². The van der Waals surface area contributed by atoms with Crippen molar-refractivity contribution < 1.29 is 5.11 Å². The van der Waals surface area contributed by atoms with Crippen LogP contribution in [0.2, 0.25) is 0 Å². The molecule has 0 radical (unpaired) electrons. The van der Waals surface area contributed by atoms with Crippen molar-refractivity contribution in [1.29, 1.82) is 0 Å². The van der Waals surface area contributed by atoms with Crippen LogP contribution in [-0.4, -0.2) is 10.1 Å². The Bertz CT molecular complexity index is 331. The second-order valence-electron chi connectivity index (χ2n) is 4.25. The van der Waals surface area contributed by atoms with E-state index in [9.17, 15) is 5.11 Å². The molecule has 1 saturated carbocycles. The van der Waals surface area contributed by atoms with Crippen molar-refractivity contribution in [2.24, 2.45) is 11.8 Å². The highest BCUT2D eigenvalue weighted by Crippen LogP contribution is 2.48. The highest BCUT2D eigenvalue weighted by Gasteiger charge is 2.40. The second kappa shape index (κ2) is 3.24. The molecule has 2 rings (SSSR count). The van der Waals surface area contributed by atoms with Gasteiger partial charge in [-0.25, -0.2) is 4.98 Å². The number of anilines is 1. The fourth-order valence-corrected chi connectivity index (χ4v) is 1.98. The quantitative estimate of drug-likeness (QED) is 0.749. The van der Waals surface area contributed by atoms with Gasteiger partial charge in [0, 0.05) is 11.8 Å². The number of hydrogen-bond acceptors (Lipinski definition) is 3. The minimum absolute atomic E-state index is 0.375. The fourth-order valence-electron chi connectivity index (χ4n) is 1.98. The number of aliphatic hydroxyl groups excluding tert-OH is 1. The number of nitrogens with zero attached hydrogens (tertiary/aromatic N) is 1. The van der Waals surface area contributed by atoms with Crippen molar-refractivity contribution in [3.05, 3.63) is 23.4 Å². The van der Waals surface area contributed by atoms with Crippen LogP contribution < -0.4 is 5.73 Å². The summed E-state index contributed by atoms with van der Waals surface area (Å²) >= 11 is 0. The number of pyridine rings is 1. The fraction of sp³-hybridized carbons (Fsp3) is 0.545. The van der Waals surface area contributed by atoms with E-state index in [1.54, 1.807) is 6.20 Å². The van der Waals surface area contributed by atoms with Crippen molar-refractivity contribution in [3.63, 3.8) is 0 Å². The molecule has 0 bridgehead atoms. The molecule has 3 atom stereocenters. The highest BCUT2D eigenvalue weighted by molar-refractivity contribution is 5.46. The van der Waals surface area contributed by atoms with Gasteiger partial charge < -0.3 is 10.8 Å². The summed E-state index contributed by atoms with van der Waals surface area (Å²) in [6, 6.07) is 1.89. The van der Waals surface area contributed by atoms with Gasteiger partial charge in [-0.2, -0.15) is 0 Å². The average molecular weight is 192 g/mol. The Balaban J connectivity index is 2.31. The molecule has 3 nitrogen and oxygen atoms in total. The van der Waals surface area contributed by atoms with Gasteiger partial charge in [0.05, 0.1) is 6.10 Å². The van der Waals surface area contributed by atoms with Crippen LogP contribution in [0, 0.1) is 18.8 Å². The molecule has 0 amide bonds. The molecule has 1 aliphatic carbocycles. The maximum Gasteiger partial charge on any atom is 0.129 e. The Kier molecular flexibility index (Phi) is 2.19. The third kappa shape index (κ3) is 1.48. The molecular weight excluding hydrogens is 176 g/mol. The van der Waals surface area contributed by atoms with Crippen molar-refractivity contribution in [2.45, 2.75) is 26.4 Å². The third-order valence-corrected chi connectivity index (χ3v) is 3.11. The molecule has 1 heterocycles. The molecule has 14 heavy (non-hydrogen) atoms. The first-order valence-electron chi connectivity index (χ1n) is 5.00. The lowest BCUT2D eigenvalue weighted by Gasteiger charge is -2.14. The van der Waals surface area contributed by atoms with Crippen LogP contribution in [0.3, 0.4) is 0 Å². The van der Waals surface area contributed by atoms with Crippen molar-refractivity contribution in [3.8, 4) is 0 Å². The molecule has 1 aromatic rings. The van der Waals surface area contributed by atoms with Crippen LogP contribution in [0.4, 0.5) is 5.82 Å². The number of nitrogen functional groups attached to an aromatic ring is 1. The summed E-state index contributed by atoms with van der Waals surface area (Å²) in [5.41, 5.74) is 7.61. The standard InChI is InChI=1S/C11H16N2O/c1-6-3-4-13-11(12)9(6)10(14)8-5-7(8)2/h3-4,7-8,10,14H,5H2,1-2H3,(H2,12,13). The lowest BCUT2D eigenvalue weighted by Crippen LogP contribution is -2.08. The van der Waals surface area contributed by atoms with Gasteiger partial charge in [0.15, 0.2) is 0 Å². The number of hydrogen-bond donors (Lipinski definition) is 2. The third-order valence-electron chi connectivity index (χ3n) is 3.11. The van der Waals surface area contributed by atoms with E-state index >= 15 is 0 Å². The predicted molar refractivity (Wildman–Crippen MR) is 55.6 cm³/mol. The summed E-state index contributed by atoms with van der Waals surface area (Å²) in [6.45, 7) is 4.11. The normalized spacial score (nSPS) is 27.4. The molecule has 3 heteroatoms. The van der Waals surface area contributed by atoms with Crippen molar-refractivity contribution in [1.82, 2.24) is 4.98 Å². The Labute approximate surface area is 84.0 Å². The van der Waals surface area contributed by atoms with Gasteiger partial charge in [0.2, 0.25) is 0 Å². The summed E-state index contributed by atoms with van der Waals surface area (Å²) in [7, 11) is 0. The number of aryl methyl sites for hydroxylation is 1. The predicted octanol–water partition coefficient (Wildman–Crippen LogP) is 1.66. The van der Waals surface area contributed by atoms with Gasteiger partial charge in [-0.05, 0) is 36.8 Å². The molecule has 3 N–H and O–H groups in total. The van der Waals surface area contributed by atoms with Gasteiger partial charge in [-0.1, -0.05) is 6.92 Å². The molecule has 0 spiro atoms. The van der Waals surface area contributed by atoms with Crippen LogP contribution >= 0.6 is 0 Å². The summed E-state index contributed by atoms with van der Waals surface area (Å²) in [6.07, 6.45) is 2.34. The van der Waals surface area contributed by atoms with E-state index < -0.39 is 6.10 Å². The van der Waals surface area contributed by atoms with Crippen molar-refractivity contribution >= 4 is 5.82 Å². The van der Waals surface area contributed by atoms with Crippen molar-refractivity contribution in [2.75, 3.05) is 5.73 Å². The molecule has 1 aromatic heterocycles. The maximum atomic E-state index is 10.1. The van der Waals surface area contributed by atoms with E-state index in [0.29, 0.717) is 17.7 Å². The summed E-state index contributed by atoms with van der Waals surface area (Å²) in [5.74, 6) is 1.46. The monoisotopic (exact) mass is 192 g/mol. The zero-order valence-electron chi connectivity index (χ0n) is 8.57. The first-order chi connectivity index (χ1) is 6.61. The topological polar surface area (TPSA) is 59.1 Å². The van der Waals surface area contributed by atoms with Gasteiger partial charge in [0.1, 0.15) is 5.82 Å². The SMILES string of the molecule is Cc1ccnc(N)c1C(O)C1CC1C. The summed E-state index contributed by atoms with van der Waals surface area (Å²) in [4.78, 5) is 4.01. The zero-order valence-corrected chi connectivity index (χ0v) is 8.57. The first kappa shape index (κ1) is 9.46. The summed E-state index contributed by atoms with van der Waals surface area (Å²) in [5, 5.41) is 10.1. The first-order valence-corrected chi connectivity index (χ1v) is 5.00. The zero-order chi connectivity index (χ0) is 10.3. The lowest BCUT2D eigenvalue weighted by atomic mass is 10.0. The minimum Gasteiger partial charge on any atom is -0.388 e. The van der Waals surface area contributed by atoms with E-state index in [1.807, 2.05) is 13.0 Å². The molecule has 3 unspecified atom stereocenters. The van der Waals surface area contributed by atoms with E-state index in [2.05, 4.69) is 11.9 Å². The number of nitrogens with two attached hydrogens (primary N) is 1. The molecule has 0 aliphatic heterocycles. The van der Waals surface area contributed by atoms with E-state index in [-0.39, 0.29) is 0 Å². The minimum atomic E-state index is -0.432. The van der Waals surface area contributed by atoms with E-state index in [0.717, 1.165) is 17.5 Å². The molecule has 0 saturated heterocycles. The Morgan fingerprint density at radius 1 is 1.64 bits per heavy atom. The van der Waals surface area contributed by atoms with Gasteiger partial charge in [0.25, 0.3) is 0 Å². The number of aromatic nitrogens is 1.